The van der Waals surface area contributed by atoms with Crippen molar-refractivity contribution < 1.29 is 4.74 Å². The molecule has 1 aliphatic carbocycles. The monoisotopic (exact) mass is 375 g/mol. The molecule has 0 aliphatic heterocycles. The zero-order chi connectivity index (χ0) is 19.0. The predicted octanol–water partition coefficient (Wildman–Crippen LogP) is 5.58. The lowest BCUT2D eigenvalue weighted by Crippen LogP contribution is -2.06. The van der Waals surface area contributed by atoms with Crippen LogP contribution < -0.4 is 4.74 Å². The number of ether oxygens (including phenoxy) is 1. The van der Waals surface area contributed by atoms with Crippen molar-refractivity contribution >= 4 is 11.3 Å². The first-order chi connectivity index (χ1) is 13.1. The van der Waals surface area contributed by atoms with Gasteiger partial charge in [0, 0.05) is 11.1 Å². The molecule has 5 heteroatoms. The molecule has 4 rings (SSSR count). The fourth-order valence-corrected chi connectivity index (χ4v) is 4.51. The topological polar surface area (TPSA) is 58.8 Å². The summed E-state index contributed by atoms with van der Waals surface area (Å²) in [5, 5.41) is 20.1. The van der Waals surface area contributed by atoms with E-state index in [-0.39, 0.29) is 6.10 Å². The fraction of sp³-hybridized carbons (Fsp3) is 0.318. The molecule has 136 valence electrons. The molecule has 1 aromatic heterocycles. The maximum absolute atomic E-state index is 9.45. The number of benzene rings is 2. The maximum Gasteiger partial charge on any atom is 0.148 e. The summed E-state index contributed by atoms with van der Waals surface area (Å²) in [6, 6.07) is 14.3. The molecule has 4 nitrogen and oxygen atoms in total. The lowest BCUT2D eigenvalue weighted by atomic mass is 10.0. The second-order valence-electron chi connectivity index (χ2n) is 7.21. The van der Waals surface area contributed by atoms with Crippen LogP contribution >= 0.6 is 11.3 Å². The summed E-state index contributed by atoms with van der Waals surface area (Å²) in [6.45, 7) is 6.18. The molecule has 0 N–H and O–H groups in total. The van der Waals surface area contributed by atoms with Gasteiger partial charge in [-0.2, -0.15) is 5.26 Å². The molecule has 1 atom stereocenters. The third-order valence-electron chi connectivity index (χ3n) is 4.94. The zero-order valence-corrected chi connectivity index (χ0v) is 16.5. The van der Waals surface area contributed by atoms with Crippen molar-refractivity contribution in [1.82, 2.24) is 10.2 Å². The average Bonchev–Trinajstić information content (AvgIpc) is 3.29. The summed E-state index contributed by atoms with van der Waals surface area (Å²) < 4.78 is 5.71. The first-order valence-corrected chi connectivity index (χ1v) is 10.0. The second-order valence-corrected chi connectivity index (χ2v) is 8.19. The second kappa shape index (κ2) is 7.13. The third kappa shape index (κ3) is 3.33. The lowest BCUT2D eigenvalue weighted by Gasteiger charge is -2.11. The van der Waals surface area contributed by atoms with Gasteiger partial charge in [-0.15, -0.1) is 10.2 Å². The molecule has 1 heterocycles. The van der Waals surface area contributed by atoms with E-state index in [0.29, 0.717) is 17.2 Å². The van der Waals surface area contributed by atoms with E-state index in [9.17, 15) is 5.26 Å². The molecule has 2 aromatic carbocycles. The molecule has 1 unspecified atom stereocenters. The first-order valence-electron chi connectivity index (χ1n) is 9.23. The molecule has 0 amide bonds. The van der Waals surface area contributed by atoms with E-state index in [1.54, 1.807) is 11.3 Å². The molecule has 3 aromatic rings. The molecule has 1 aliphatic rings. The van der Waals surface area contributed by atoms with Crippen LogP contribution in [0.25, 0.3) is 21.1 Å². The summed E-state index contributed by atoms with van der Waals surface area (Å²) in [4.78, 5) is 0. The van der Waals surface area contributed by atoms with Crippen molar-refractivity contribution in [3.8, 4) is 33.0 Å². The summed E-state index contributed by atoms with van der Waals surface area (Å²) in [7, 11) is 0. The van der Waals surface area contributed by atoms with Crippen molar-refractivity contribution in [2.75, 3.05) is 0 Å². The Hall–Kier alpha value is -2.71. The number of hydrogen-bond donors (Lipinski definition) is 0. The quantitative estimate of drug-likeness (QED) is 0.597. The van der Waals surface area contributed by atoms with Gasteiger partial charge in [0.15, 0.2) is 0 Å². The Labute approximate surface area is 163 Å². The molecule has 0 radical (unpaired) electrons. The molecule has 27 heavy (non-hydrogen) atoms. The number of aromatic nitrogens is 2. The highest BCUT2D eigenvalue weighted by Gasteiger charge is 2.23. The van der Waals surface area contributed by atoms with E-state index in [2.05, 4.69) is 41.4 Å². The molecule has 0 spiro atoms. The summed E-state index contributed by atoms with van der Waals surface area (Å²) in [5.74, 6) is 1.22. The molecular formula is C22H21N3OS. The average molecular weight is 375 g/mol. The van der Waals surface area contributed by atoms with Crippen LogP contribution in [0.2, 0.25) is 0 Å². The van der Waals surface area contributed by atoms with Crippen molar-refractivity contribution in [2.45, 2.75) is 45.6 Å². The summed E-state index contributed by atoms with van der Waals surface area (Å²) in [5.41, 5.74) is 5.46. The molecule has 0 saturated carbocycles. The highest BCUT2D eigenvalue weighted by molar-refractivity contribution is 7.17. The maximum atomic E-state index is 9.45. The van der Waals surface area contributed by atoms with Crippen LogP contribution in [0.4, 0.5) is 0 Å². The number of hydrogen-bond acceptors (Lipinski definition) is 5. The van der Waals surface area contributed by atoms with Gasteiger partial charge in [-0.1, -0.05) is 36.5 Å². The van der Waals surface area contributed by atoms with Gasteiger partial charge >= 0.3 is 0 Å². The van der Waals surface area contributed by atoms with E-state index in [0.717, 1.165) is 22.0 Å². The molecule has 0 bridgehead atoms. The van der Waals surface area contributed by atoms with E-state index in [1.165, 1.54) is 23.1 Å². The highest BCUT2D eigenvalue weighted by Crippen LogP contribution is 2.40. The van der Waals surface area contributed by atoms with Gasteiger partial charge in [0.2, 0.25) is 0 Å². The van der Waals surface area contributed by atoms with Crippen molar-refractivity contribution in [2.24, 2.45) is 0 Å². The van der Waals surface area contributed by atoms with E-state index >= 15 is 0 Å². The fourth-order valence-electron chi connectivity index (χ4n) is 3.62. The van der Waals surface area contributed by atoms with Gasteiger partial charge in [-0.3, -0.25) is 0 Å². The normalized spacial score (nSPS) is 15.6. The highest BCUT2D eigenvalue weighted by atomic mass is 32.1. The van der Waals surface area contributed by atoms with Gasteiger partial charge in [-0.05, 0) is 61.9 Å². The third-order valence-corrected chi connectivity index (χ3v) is 5.94. The largest absolute Gasteiger partial charge is 0.490 e. The Kier molecular flexibility index (Phi) is 4.67. The SMILES string of the molecule is CC(C)Oc1ccc(-c2nnc(-c3cccc4c3CCC4C)s2)cc1C#N. The van der Waals surface area contributed by atoms with Crippen LogP contribution in [0.3, 0.4) is 0 Å². The lowest BCUT2D eigenvalue weighted by molar-refractivity contribution is 0.242. The van der Waals surface area contributed by atoms with E-state index < -0.39 is 0 Å². The van der Waals surface area contributed by atoms with Crippen molar-refractivity contribution in [3.63, 3.8) is 0 Å². The predicted molar refractivity (Wildman–Crippen MR) is 108 cm³/mol. The van der Waals surface area contributed by atoms with Crippen LogP contribution in [-0.4, -0.2) is 16.3 Å². The standard InChI is InChI=1S/C22H21N3OS/c1-13(2)26-20-10-8-15(11-16(20)12-23)21-24-25-22(27-21)19-6-4-5-17-14(3)7-9-18(17)19/h4-6,8,10-11,13-14H,7,9H2,1-3H3. The van der Waals surface area contributed by atoms with Crippen LogP contribution in [0.1, 0.15) is 49.8 Å². The molecule has 0 saturated heterocycles. The van der Waals surface area contributed by atoms with Crippen molar-refractivity contribution in [1.29, 1.82) is 5.26 Å². The molecule has 0 fully saturated rings. The van der Waals surface area contributed by atoms with Crippen LogP contribution in [-0.2, 0) is 6.42 Å². The Morgan fingerprint density at radius 1 is 1.19 bits per heavy atom. The van der Waals surface area contributed by atoms with Crippen LogP contribution in [0.15, 0.2) is 36.4 Å². The van der Waals surface area contributed by atoms with Gasteiger partial charge in [0.05, 0.1) is 11.7 Å². The zero-order valence-electron chi connectivity index (χ0n) is 15.7. The van der Waals surface area contributed by atoms with Gasteiger partial charge in [0.1, 0.15) is 21.8 Å². The Morgan fingerprint density at radius 3 is 2.78 bits per heavy atom. The summed E-state index contributed by atoms with van der Waals surface area (Å²) in [6.07, 6.45) is 2.32. The number of fused-ring (bicyclic) bond motifs is 1. The minimum Gasteiger partial charge on any atom is -0.490 e. The van der Waals surface area contributed by atoms with E-state index in [4.69, 9.17) is 4.74 Å². The summed E-state index contributed by atoms with van der Waals surface area (Å²) >= 11 is 1.57. The Bertz CT molecular complexity index is 1030. The number of nitriles is 1. The number of rotatable bonds is 4. The van der Waals surface area contributed by atoms with Gasteiger partial charge in [0.25, 0.3) is 0 Å². The Balaban J connectivity index is 1.69. The van der Waals surface area contributed by atoms with E-state index in [1.807, 2.05) is 32.0 Å². The van der Waals surface area contributed by atoms with Crippen LogP contribution in [0, 0.1) is 11.3 Å². The van der Waals surface area contributed by atoms with Gasteiger partial charge in [-0.25, -0.2) is 0 Å². The smallest absolute Gasteiger partial charge is 0.148 e. The van der Waals surface area contributed by atoms with Crippen molar-refractivity contribution in [3.05, 3.63) is 53.1 Å². The minimum absolute atomic E-state index is 0.0265. The van der Waals surface area contributed by atoms with Gasteiger partial charge < -0.3 is 4.74 Å². The molecular weight excluding hydrogens is 354 g/mol. The first kappa shape index (κ1) is 17.7. The Morgan fingerprint density at radius 2 is 2.00 bits per heavy atom. The van der Waals surface area contributed by atoms with Crippen LogP contribution in [0.5, 0.6) is 5.75 Å². The number of nitrogens with zero attached hydrogens (tertiary/aromatic N) is 3. The minimum atomic E-state index is 0.0265.